The van der Waals surface area contributed by atoms with Crippen molar-refractivity contribution in [3.05, 3.63) is 41.3 Å². The molecule has 0 bridgehead atoms. The van der Waals surface area contributed by atoms with Gasteiger partial charge in [0.15, 0.2) is 5.79 Å². The smallest absolute Gasteiger partial charge is 0.264 e. The molecule has 0 radical (unpaired) electrons. The third-order valence-corrected chi connectivity index (χ3v) is 7.71. The lowest BCUT2D eigenvalue weighted by Gasteiger charge is -2.37. The summed E-state index contributed by atoms with van der Waals surface area (Å²) in [7, 11) is 0. The van der Waals surface area contributed by atoms with Gasteiger partial charge in [-0.05, 0) is 24.5 Å². The van der Waals surface area contributed by atoms with Crippen molar-refractivity contribution in [2.45, 2.75) is 44.3 Å². The van der Waals surface area contributed by atoms with Gasteiger partial charge in [-0.2, -0.15) is 0 Å². The van der Waals surface area contributed by atoms with Crippen LogP contribution < -0.4 is 4.90 Å². The van der Waals surface area contributed by atoms with E-state index in [1.165, 1.54) is 41.8 Å². The maximum absolute atomic E-state index is 13.4. The number of carbonyl (C=O) groups excluding carboxylic acids is 1. The summed E-state index contributed by atoms with van der Waals surface area (Å²) in [6, 6.07) is 12.6. The minimum Gasteiger partial charge on any atom is -0.363 e. The van der Waals surface area contributed by atoms with Gasteiger partial charge in [0.05, 0.1) is 23.1 Å². The molecule has 2 aromatic rings. The van der Waals surface area contributed by atoms with Crippen molar-refractivity contribution in [3.8, 4) is 11.1 Å². The Kier molecular flexibility index (Phi) is 5.81. The molecular formula is C24H30N2O3S. The first-order valence-corrected chi connectivity index (χ1v) is 12.1. The Bertz CT molecular complexity index is 858. The van der Waals surface area contributed by atoms with E-state index in [9.17, 15) is 4.79 Å². The number of likely N-dealkylation sites (tertiary alicyclic amines) is 1. The maximum atomic E-state index is 13.4. The first-order valence-electron chi connectivity index (χ1n) is 11.3. The van der Waals surface area contributed by atoms with Crippen LogP contribution in [-0.4, -0.2) is 56.0 Å². The van der Waals surface area contributed by atoms with Gasteiger partial charge in [-0.25, -0.2) is 0 Å². The summed E-state index contributed by atoms with van der Waals surface area (Å²) in [4.78, 5) is 18.7. The number of thiophene rings is 1. The fourth-order valence-corrected chi connectivity index (χ4v) is 6.01. The fraction of sp³-hybridized carbons (Fsp3) is 0.542. The van der Waals surface area contributed by atoms with Crippen LogP contribution in [0.1, 0.15) is 48.2 Å². The van der Waals surface area contributed by atoms with E-state index in [0.717, 1.165) is 30.8 Å². The molecule has 4 heterocycles. The Morgan fingerprint density at radius 1 is 0.900 bits per heavy atom. The topological polar surface area (TPSA) is 42.0 Å². The molecule has 3 saturated heterocycles. The van der Waals surface area contributed by atoms with Gasteiger partial charge in [0, 0.05) is 44.6 Å². The van der Waals surface area contributed by atoms with Gasteiger partial charge in [-0.1, -0.05) is 43.2 Å². The van der Waals surface area contributed by atoms with Gasteiger partial charge >= 0.3 is 0 Å². The van der Waals surface area contributed by atoms with Crippen molar-refractivity contribution in [2.75, 3.05) is 44.3 Å². The molecule has 1 spiro atoms. The standard InChI is InChI=1S/C24H30N2O3S/c27-22(25-14-10-24(11-15-25)28-16-17-29-24)21-18-20(19-8-4-3-5-9-19)23(30-21)26-12-6-1-2-7-13-26/h3-5,8-9,18H,1-2,6-7,10-17H2. The Hall–Kier alpha value is -1.89. The second-order valence-electron chi connectivity index (χ2n) is 8.50. The van der Waals surface area contributed by atoms with Crippen LogP contribution in [0.25, 0.3) is 11.1 Å². The molecule has 1 aromatic carbocycles. The largest absolute Gasteiger partial charge is 0.363 e. The zero-order valence-electron chi connectivity index (χ0n) is 17.5. The lowest BCUT2D eigenvalue weighted by molar-refractivity contribution is -0.181. The van der Waals surface area contributed by atoms with Crippen molar-refractivity contribution >= 4 is 22.2 Å². The molecule has 160 valence electrons. The van der Waals surface area contributed by atoms with E-state index in [2.05, 4.69) is 35.2 Å². The monoisotopic (exact) mass is 426 g/mol. The molecule has 1 amide bonds. The highest BCUT2D eigenvalue weighted by atomic mass is 32.1. The average molecular weight is 427 g/mol. The second kappa shape index (κ2) is 8.69. The third kappa shape index (κ3) is 4.01. The van der Waals surface area contributed by atoms with E-state index >= 15 is 0 Å². The molecule has 0 saturated carbocycles. The Morgan fingerprint density at radius 3 is 2.23 bits per heavy atom. The highest BCUT2D eigenvalue weighted by Crippen LogP contribution is 2.41. The molecule has 3 aliphatic rings. The highest BCUT2D eigenvalue weighted by Gasteiger charge is 2.41. The molecule has 5 nitrogen and oxygen atoms in total. The van der Waals surface area contributed by atoms with Crippen molar-refractivity contribution in [1.29, 1.82) is 0 Å². The molecule has 30 heavy (non-hydrogen) atoms. The van der Waals surface area contributed by atoms with E-state index in [0.29, 0.717) is 26.3 Å². The molecule has 1 aromatic heterocycles. The molecule has 3 aliphatic heterocycles. The van der Waals surface area contributed by atoms with Crippen molar-refractivity contribution < 1.29 is 14.3 Å². The van der Waals surface area contributed by atoms with Crippen LogP contribution in [0.4, 0.5) is 5.00 Å². The number of benzene rings is 1. The van der Waals surface area contributed by atoms with Crippen LogP contribution in [-0.2, 0) is 9.47 Å². The van der Waals surface area contributed by atoms with Crippen LogP contribution in [0.3, 0.4) is 0 Å². The molecule has 0 unspecified atom stereocenters. The molecule has 0 N–H and O–H groups in total. The maximum Gasteiger partial charge on any atom is 0.264 e. The molecule has 0 aliphatic carbocycles. The minimum atomic E-state index is -0.446. The lowest BCUT2D eigenvalue weighted by atomic mass is 10.0. The van der Waals surface area contributed by atoms with Crippen molar-refractivity contribution in [3.63, 3.8) is 0 Å². The number of rotatable bonds is 3. The number of anilines is 1. The van der Waals surface area contributed by atoms with Crippen LogP contribution in [0, 0.1) is 0 Å². The molecule has 5 rings (SSSR count). The summed E-state index contributed by atoms with van der Waals surface area (Å²) < 4.78 is 11.6. The van der Waals surface area contributed by atoms with Gasteiger partial charge in [0.2, 0.25) is 0 Å². The summed E-state index contributed by atoms with van der Waals surface area (Å²) in [6.45, 7) is 4.87. The number of nitrogens with zero attached hydrogens (tertiary/aromatic N) is 2. The number of amides is 1. The van der Waals surface area contributed by atoms with Crippen LogP contribution in [0.15, 0.2) is 36.4 Å². The third-order valence-electron chi connectivity index (χ3n) is 6.53. The van der Waals surface area contributed by atoms with Crippen molar-refractivity contribution in [2.24, 2.45) is 0 Å². The number of hydrogen-bond acceptors (Lipinski definition) is 5. The van der Waals surface area contributed by atoms with Gasteiger partial charge in [-0.15, -0.1) is 11.3 Å². The zero-order valence-corrected chi connectivity index (χ0v) is 18.3. The molecule has 3 fully saturated rings. The van der Waals surface area contributed by atoms with Gasteiger partial charge in [0.1, 0.15) is 0 Å². The van der Waals surface area contributed by atoms with Gasteiger partial charge in [0.25, 0.3) is 5.91 Å². The SMILES string of the molecule is O=C(c1cc(-c2ccccc2)c(N2CCCCCC2)s1)N1CCC2(CC1)OCCO2. The minimum absolute atomic E-state index is 0.145. The zero-order chi connectivity index (χ0) is 20.4. The first-order chi connectivity index (χ1) is 14.7. The highest BCUT2D eigenvalue weighted by molar-refractivity contribution is 7.18. The lowest BCUT2D eigenvalue weighted by Crippen LogP contribution is -2.47. The van der Waals surface area contributed by atoms with Gasteiger partial charge < -0.3 is 19.3 Å². The predicted octanol–water partition coefficient (Wildman–Crippen LogP) is 4.77. The Labute approximate surface area is 182 Å². The van der Waals surface area contributed by atoms with Crippen LogP contribution in [0.5, 0.6) is 0 Å². The quantitative estimate of drug-likeness (QED) is 0.709. The van der Waals surface area contributed by atoms with E-state index in [-0.39, 0.29) is 5.91 Å². The van der Waals surface area contributed by atoms with Crippen molar-refractivity contribution in [1.82, 2.24) is 4.90 Å². The van der Waals surface area contributed by atoms with E-state index in [1.807, 2.05) is 11.0 Å². The summed E-state index contributed by atoms with van der Waals surface area (Å²) in [5.74, 6) is -0.301. The molecule has 6 heteroatoms. The average Bonchev–Trinajstić information content (AvgIpc) is 3.34. The van der Waals surface area contributed by atoms with E-state index < -0.39 is 5.79 Å². The first kappa shape index (κ1) is 20.0. The summed E-state index contributed by atoms with van der Waals surface area (Å²) >= 11 is 1.67. The molecular weight excluding hydrogens is 396 g/mol. The number of carbonyl (C=O) groups is 1. The van der Waals surface area contributed by atoms with E-state index in [1.54, 1.807) is 11.3 Å². The summed E-state index contributed by atoms with van der Waals surface area (Å²) in [5, 5.41) is 1.25. The summed E-state index contributed by atoms with van der Waals surface area (Å²) in [5.41, 5.74) is 2.39. The molecule has 0 atom stereocenters. The Morgan fingerprint density at radius 2 is 1.57 bits per heavy atom. The van der Waals surface area contributed by atoms with Crippen LogP contribution in [0.2, 0.25) is 0 Å². The Balaban J connectivity index is 1.40. The second-order valence-corrected chi connectivity index (χ2v) is 9.53. The summed E-state index contributed by atoms with van der Waals surface area (Å²) in [6.07, 6.45) is 6.57. The number of piperidine rings is 1. The number of ether oxygens (including phenoxy) is 2. The van der Waals surface area contributed by atoms with Crippen LogP contribution >= 0.6 is 11.3 Å². The fourth-order valence-electron chi connectivity index (χ4n) is 4.81. The normalized spacial score (nSPS) is 21.7. The number of hydrogen-bond donors (Lipinski definition) is 0. The van der Waals surface area contributed by atoms with E-state index in [4.69, 9.17) is 9.47 Å². The predicted molar refractivity (Wildman–Crippen MR) is 120 cm³/mol. The van der Waals surface area contributed by atoms with Gasteiger partial charge in [-0.3, -0.25) is 4.79 Å².